The molecule has 1 saturated heterocycles. The average molecular weight is 279 g/mol. The first-order chi connectivity index (χ1) is 9.25. The van der Waals surface area contributed by atoms with E-state index in [2.05, 4.69) is 5.32 Å². The average Bonchev–Trinajstić information content (AvgIpc) is 2.34. The Balaban J connectivity index is 2.60. The molecular weight excluding hydrogens is 261 g/mol. The van der Waals surface area contributed by atoms with E-state index in [1.165, 1.54) is 11.0 Å². The molecule has 1 aliphatic rings. The molecule has 0 radical (unpaired) electrons. The minimum atomic E-state index is -1.03. The minimum absolute atomic E-state index is 0.0839. The van der Waals surface area contributed by atoms with Gasteiger partial charge in [0, 0.05) is 6.04 Å². The van der Waals surface area contributed by atoms with Crippen LogP contribution >= 0.6 is 0 Å². The number of anilines is 1. The first-order valence-electron chi connectivity index (χ1n) is 6.41. The predicted molar refractivity (Wildman–Crippen MR) is 73.6 cm³/mol. The fraction of sp³-hybridized carbons (Fsp3) is 0.429. The van der Waals surface area contributed by atoms with Gasteiger partial charge in [-0.15, -0.1) is 0 Å². The van der Waals surface area contributed by atoms with Gasteiger partial charge in [0.05, 0.1) is 12.2 Å². The highest BCUT2D eigenvalue weighted by Crippen LogP contribution is 2.34. The minimum Gasteiger partial charge on any atom is -0.345 e. The summed E-state index contributed by atoms with van der Waals surface area (Å²) < 4.78 is 14.3. The molecule has 0 bridgehead atoms. The second kappa shape index (κ2) is 4.86. The Kier molecular flexibility index (Phi) is 3.52. The van der Waals surface area contributed by atoms with Gasteiger partial charge >= 0.3 is 0 Å². The Morgan fingerprint density at radius 2 is 2.05 bits per heavy atom. The molecule has 2 amide bonds. The number of carbonyl (C=O) groups is 2. The SMILES string of the molecule is C[C@H](N)c1cccc(F)c1N1CC(=O)NC(=O)C1(C)C. The molecule has 1 atom stereocenters. The van der Waals surface area contributed by atoms with Gasteiger partial charge in [-0.2, -0.15) is 0 Å². The standard InChI is InChI=1S/C14H18FN3O2/c1-8(16)9-5-4-6-10(15)12(9)18-7-11(19)17-13(20)14(18,2)3/h4-6,8H,7,16H2,1-3H3,(H,17,19,20)/t8-/m0/s1. The van der Waals surface area contributed by atoms with Gasteiger partial charge in [-0.3, -0.25) is 14.9 Å². The van der Waals surface area contributed by atoms with Crippen LogP contribution in [0.2, 0.25) is 0 Å². The van der Waals surface area contributed by atoms with Gasteiger partial charge in [-0.1, -0.05) is 12.1 Å². The monoisotopic (exact) mass is 279 g/mol. The van der Waals surface area contributed by atoms with Crippen molar-refractivity contribution in [1.29, 1.82) is 0 Å². The summed E-state index contributed by atoms with van der Waals surface area (Å²) in [5.41, 5.74) is 5.63. The van der Waals surface area contributed by atoms with Crippen molar-refractivity contribution in [3.8, 4) is 0 Å². The molecule has 108 valence electrons. The van der Waals surface area contributed by atoms with Crippen molar-refractivity contribution in [2.75, 3.05) is 11.4 Å². The highest BCUT2D eigenvalue weighted by Gasteiger charge is 2.42. The van der Waals surface area contributed by atoms with Crippen molar-refractivity contribution in [2.24, 2.45) is 5.73 Å². The lowest BCUT2D eigenvalue weighted by molar-refractivity contribution is -0.135. The lowest BCUT2D eigenvalue weighted by Gasteiger charge is -2.43. The predicted octanol–water partition coefficient (Wildman–Crippen LogP) is 1.09. The molecule has 1 aromatic rings. The molecule has 0 aliphatic carbocycles. The molecule has 1 heterocycles. The number of imide groups is 1. The summed E-state index contributed by atoms with van der Waals surface area (Å²) in [6, 6.07) is 4.16. The van der Waals surface area contributed by atoms with E-state index in [0.29, 0.717) is 5.56 Å². The molecular formula is C14H18FN3O2. The van der Waals surface area contributed by atoms with Gasteiger partial charge in [0.2, 0.25) is 5.91 Å². The molecule has 20 heavy (non-hydrogen) atoms. The van der Waals surface area contributed by atoms with Crippen molar-refractivity contribution in [2.45, 2.75) is 32.4 Å². The fourth-order valence-corrected chi connectivity index (χ4v) is 2.33. The lowest BCUT2D eigenvalue weighted by Crippen LogP contribution is -2.64. The van der Waals surface area contributed by atoms with E-state index in [-0.39, 0.29) is 12.2 Å². The number of para-hydroxylation sites is 1. The molecule has 1 aliphatic heterocycles. The zero-order chi connectivity index (χ0) is 15.1. The molecule has 1 fully saturated rings. The number of amides is 2. The molecule has 6 heteroatoms. The summed E-state index contributed by atoms with van der Waals surface area (Å²) in [6.45, 7) is 4.94. The quantitative estimate of drug-likeness (QED) is 0.795. The largest absolute Gasteiger partial charge is 0.345 e. The van der Waals surface area contributed by atoms with E-state index in [1.54, 1.807) is 32.9 Å². The lowest BCUT2D eigenvalue weighted by atomic mass is 9.95. The van der Waals surface area contributed by atoms with Crippen LogP contribution in [-0.4, -0.2) is 23.9 Å². The van der Waals surface area contributed by atoms with Crippen molar-refractivity contribution in [3.05, 3.63) is 29.6 Å². The zero-order valence-corrected chi connectivity index (χ0v) is 11.7. The Labute approximate surface area is 116 Å². The first-order valence-corrected chi connectivity index (χ1v) is 6.41. The number of halogens is 1. The highest BCUT2D eigenvalue weighted by molar-refractivity contribution is 6.06. The number of hydrogen-bond acceptors (Lipinski definition) is 4. The molecule has 0 saturated carbocycles. The third-order valence-electron chi connectivity index (χ3n) is 3.56. The number of carbonyl (C=O) groups excluding carboxylic acids is 2. The smallest absolute Gasteiger partial charge is 0.251 e. The maximum Gasteiger partial charge on any atom is 0.251 e. The van der Waals surface area contributed by atoms with E-state index in [0.717, 1.165) is 0 Å². The van der Waals surface area contributed by atoms with Crippen LogP contribution in [0.1, 0.15) is 32.4 Å². The molecule has 1 aromatic carbocycles. The zero-order valence-electron chi connectivity index (χ0n) is 11.7. The van der Waals surface area contributed by atoms with E-state index in [1.807, 2.05) is 0 Å². The fourth-order valence-electron chi connectivity index (χ4n) is 2.33. The van der Waals surface area contributed by atoms with Gasteiger partial charge in [0.15, 0.2) is 0 Å². The van der Waals surface area contributed by atoms with Crippen molar-refractivity contribution >= 4 is 17.5 Å². The molecule has 0 spiro atoms. The number of rotatable bonds is 2. The molecule has 0 aromatic heterocycles. The number of nitrogens with one attached hydrogen (secondary N) is 1. The summed E-state index contributed by atoms with van der Waals surface area (Å²) in [5.74, 6) is -1.39. The second-order valence-corrected chi connectivity index (χ2v) is 5.49. The Morgan fingerprint density at radius 1 is 1.40 bits per heavy atom. The highest BCUT2D eigenvalue weighted by atomic mass is 19.1. The van der Waals surface area contributed by atoms with Crippen LogP contribution in [0.25, 0.3) is 0 Å². The van der Waals surface area contributed by atoms with Crippen LogP contribution in [0.4, 0.5) is 10.1 Å². The number of benzene rings is 1. The first kappa shape index (κ1) is 14.5. The van der Waals surface area contributed by atoms with E-state index in [4.69, 9.17) is 5.73 Å². The van der Waals surface area contributed by atoms with E-state index >= 15 is 0 Å². The second-order valence-electron chi connectivity index (χ2n) is 5.49. The summed E-state index contributed by atoms with van der Waals surface area (Å²) in [7, 11) is 0. The van der Waals surface area contributed by atoms with Gasteiger partial charge < -0.3 is 10.6 Å². The van der Waals surface area contributed by atoms with Crippen LogP contribution in [0.5, 0.6) is 0 Å². The number of nitrogens with zero attached hydrogens (tertiary/aromatic N) is 1. The maximum absolute atomic E-state index is 14.3. The Hall–Kier alpha value is -1.95. The van der Waals surface area contributed by atoms with Gasteiger partial charge in [-0.05, 0) is 32.4 Å². The summed E-state index contributed by atoms with van der Waals surface area (Å²) >= 11 is 0. The molecule has 3 N–H and O–H groups in total. The Bertz CT molecular complexity index is 570. The third-order valence-corrected chi connectivity index (χ3v) is 3.56. The van der Waals surface area contributed by atoms with E-state index < -0.39 is 29.2 Å². The van der Waals surface area contributed by atoms with Gasteiger partial charge in [0.25, 0.3) is 5.91 Å². The van der Waals surface area contributed by atoms with Crippen LogP contribution in [0, 0.1) is 5.82 Å². The van der Waals surface area contributed by atoms with Gasteiger partial charge in [0.1, 0.15) is 11.4 Å². The van der Waals surface area contributed by atoms with E-state index in [9.17, 15) is 14.0 Å². The normalized spacial score (nSPS) is 19.8. The van der Waals surface area contributed by atoms with Crippen LogP contribution in [-0.2, 0) is 9.59 Å². The number of hydrogen-bond donors (Lipinski definition) is 2. The third kappa shape index (κ3) is 2.27. The van der Waals surface area contributed by atoms with Crippen molar-refractivity contribution in [1.82, 2.24) is 5.32 Å². The van der Waals surface area contributed by atoms with Crippen LogP contribution in [0.3, 0.4) is 0 Å². The maximum atomic E-state index is 14.3. The number of piperazine rings is 1. The number of nitrogens with two attached hydrogens (primary N) is 1. The molecule has 2 rings (SSSR count). The topological polar surface area (TPSA) is 75.4 Å². The van der Waals surface area contributed by atoms with Crippen LogP contribution in [0.15, 0.2) is 18.2 Å². The summed E-state index contributed by atoms with van der Waals surface area (Å²) in [5, 5.41) is 2.26. The van der Waals surface area contributed by atoms with Crippen LogP contribution < -0.4 is 16.0 Å². The van der Waals surface area contributed by atoms with Crippen molar-refractivity contribution < 1.29 is 14.0 Å². The van der Waals surface area contributed by atoms with Gasteiger partial charge in [-0.25, -0.2) is 4.39 Å². The molecule has 5 nitrogen and oxygen atoms in total. The summed E-state index contributed by atoms with van der Waals surface area (Å²) in [4.78, 5) is 25.1. The summed E-state index contributed by atoms with van der Waals surface area (Å²) in [6.07, 6.45) is 0. The molecule has 0 unspecified atom stereocenters. The Morgan fingerprint density at radius 3 is 2.65 bits per heavy atom. The van der Waals surface area contributed by atoms with Crippen molar-refractivity contribution in [3.63, 3.8) is 0 Å².